The Labute approximate surface area is 160 Å². The van der Waals surface area contributed by atoms with Crippen molar-refractivity contribution in [2.45, 2.75) is 19.3 Å². The maximum absolute atomic E-state index is 5.25. The number of hydrogen-bond donors (Lipinski definition) is 1. The van der Waals surface area contributed by atoms with E-state index in [4.69, 9.17) is 14.7 Å². The number of hydrogen-bond acceptors (Lipinski definition) is 5. The van der Waals surface area contributed by atoms with Crippen molar-refractivity contribution in [2.24, 2.45) is 0 Å². The molecule has 27 heavy (non-hydrogen) atoms. The van der Waals surface area contributed by atoms with Crippen LogP contribution in [0.25, 0.3) is 22.3 Å². The molecule has 1 N–H and O–H groups in total. The number of rotatable bonds is 7. The Hall–Kier alpha value is -2.66. The van der Waals surface area contributed by atoms with Crippen LogP contribution in [0.3, 0.4) is 0 Å². The normalized spacial score (nSPS) is 14.6. The van der Waals surface area contributed by atoms with Crippen molar-refractivity contribution in [3.05, 3.63) is 48.5 Å². The van der Waals surface area contributed by atoms with Gasteiger partial charge in [-0.2, -0.15) is 0 Å². The summed E-state index contributed by atoms with van der Waals surface area (Å²) in [6.45, 7) is 4.57. The second kappa shape index (κ2) is 8.35. The first-order valence-corrected chi connectivity index (χ1v) is 9.71. The highest BCUT2D eigenvalue weighted by Gasteiger charge is 2.12. The van der Waals surface area contributed by atoms with Crippen molar-refractivity contribution in [1.29, 1.82) is 0 Å². The predicted molar refractivity (Wildman–Crippen MR) is 110 cm³/mol. The van der Waals surface area contributed by atoms with Crippen molar-refractivity contribution >= 4 is 16.7 Å². The van der Waals surface area contributed by atoms with E-state index >= 15 is 0 Å². The molecule has 0 bridgehead atoms. The van der Waals surface area contributed by atoms with E-state index in [0.29, 0.717) is 0 Å². The Morgan fingerprint density at radius 1 is 1.00 bits per heavy atom. The Kier molecular flexibility index (Phi) is 5.49. The van der Waals surface area contributed by atoms with Crippen molar-refractivity contribution in [3.63, 3.8) is 0 Å². The van der Waals surface area contributed by atoms with E-state index in [-0.39, 0.29) is 0 Å². The van der Waals surface area contributed by atoms with Crippen LogP contribution in [0.5, 0.6) is 5.75 Å². The lowest BCUT2D eigenvalue weighted by molar-refractivity contribution is 0.337. The molecule has 1 aliphatic rings. The number of nitrogens with zero attached hydrogens (tertiary/aromatic N) is 3. The highest BCUT2D eigenvalue weighted by atomic mass is 16.5. The van der Waals surface area contributed by atoms with Gasteiger partial charge in [-0.15, -0.1) is 0 Å². The van der Waals surface area contributed by atoms with Crippen LogP contribution in [0.15, 0.2) is 48.5 Å². The average molecular weight is 362 g/mol. The smallest absolute Gasteiger partial charge is 0.162 e. The topological polar surface area (TPSA) is 50.3 Å². The van der Waals surface area contributed by atoms with Gasteiger partial charge in [-0.1, -0.05) is 12.1 Å². The lowest BCUT2D eigenvalue weighted by atomic mass is 10.1. The second-order valence-electron chi connectivity index (χ2n) is 6.97. The molecule has 2 heterocycles. The number of aromatic nitrogens is 2. The average Bonchev–Trinajstić information content (AvgIpc) is 3.24. The Morgan fingerprint density at radius 3 is 2.56 bits per heavy atom. The van der Waals surface area contributed by atoms with Crippen LogP contribution in [0, 0.1) is 0 Å². The zero-order valence-corrected chi connectivity index (χ0v) is 15.8. The molecule has 140 valence electrons. The fraction of sp³-hybridized carbons (Fsp3) is 0.364. The van der Waals surface area contributed by atoms with Gasteiger partial charge in [-0.05, 0) is 75.3 Å². The van der Waals surface area contributed by atoms with E-state index in [1.807, 2.05) is 42.5 Å². The fourth-order valence-corrected chi connectivity index (χ4v) is 3.60. The van der Waals surface area contributed by atoms with Gasteiger partial charge in [0, 0.05) is 17.5 Å². The standard InChI is InChI=1S/C22H26N4O/c1-27-18-11-9-17(10-12-18)21-24-20-8-3-2-7-19(20)22(25-21)23-13-6-16-26-14-4-5-15-26/h2-3,7-12H,4-6,13-16H2,1H3,(H,23,24,25). The molecule has 1 aliphatic heterocycles. The van der Waals surface area contributed by atoms with E-state index in [1.165, 1.54) is 25.9 Å². The Balaban J connectivity index is 1.54. The summed E-state index contributed by atoms with van der Waals surface area (Å²) in [7, 11) is 1.67. The molecule has 0 radical (unpaired) electrons. The fourth-order valence-electron chi connectivity index (χ4n) is 3.60. The van der Waals surface area contributed by atoms with Gasteiger partial charge in [0.1, 0.15) is 11.6 Å². The third kappa shape index (κ3) is 4.19. The molecule has 1 saturated heterocycles. The van der Waals surface area contributed by atoms with Crippen LogP contribution in [-0.2, 0) is 0 Å². The SMILES string of the molecule is COc1ccc(-c2nc(NCCCN3CCCC3)c3ccccc3n2)cc1. The summed E-state index contributed by atoms with van der Waals surface area (Å²) < 4.78 is 5.25. The van der Waals surface area contributed by atoms with Gasteiger partial charge in [0.15, 0.2) is 5.82 Å². The number of fused-ring (bicyclic) bond motifs is 1. The molecule has 5 nitrogen and oxygen atoms in total. The van der Waals surface area contributed by atoms with Gasteiger partial charge in [0.05, 0.1) is 12.6 Å². The van der Waals surface area contributed by atoms with Crippen LogP contribution < -0.4 is 10.1 Å². The summed E-state index contributed by atoms with van der Waals surface area (Å²) in [5, 5.41) is 4.61. The quantitative estimate of drug-likeness (QED) is 0.638. The minimum atomic E-state index is 0.735. The zero-order chi connectivity index (χ0) is 18.5. The maximum Gasteiger partial charge on any atom is 0.162 e. The van der Waals surface area contributed by atoms with Crippen LogP contribution in [0.2, 0.25) is 0 Å². The molecule has 0 saturated carbocycles. The van der Waals surface area contributed by atoms with Gasteiger partial charge in [0.25, 0.3) is 0 Å². The molecule has 2 aromatic carbocycles. The first-order chi connectivity index (χ1) is 13.3. The zero-order valence-electron chi connectivity index (χ0n) is 15.8. The molecular formula is C22H26N4O. The number of nitrogens with one attached hydrogen (secondary N) is 1. The summed E-state index contributed by atoms with van der Waals surface area (Å²) >= 11 is 0. The molecule has 0 aliphatic carbocycles. The third-order valence-electron chi connectivity index (χ3n) is 5.09. The lowest BCUT2D eigenvalue weighted by Gasteiger charge is -2.15. The number of benzene rings is 2. The first-order valence-electron chi connectivity index (χ1n) is 9.71. The first kappa shape index (κ1) is 17.7. The number of ether oxygens (including phenoxy) is 1. The van der Waals surface area contributed by atoms with E-state index in [9.17, 15) is 0 Å². The van der Waals surface area contributed by atoms with Gasteiger partial charge in [-0.25, -0.2) is 9.97 Å². The summed E-state index contributed by atoms with van der Waals surface area (Å²) in [6, 6.07) is 16.1. The minimum Gasteiger partial charge on any atom is -0.497 e. The van der Waals surface area contributed by atoms with Crippen LogP contribution in [0.1, 0.15) is 19.3 Å². The maximum atomic E-state index is 5.25. The Morgan fingerprint density at radius 2 is 1.78 bits per heavy atom. The monoisotopic (exact) mass is 362 g/mol. The van der Waals surface area contributed by atoms with Crippen LogP contribution in [-0.4, -0.2) is 48.2 Å². The molecule has 0 unspecified atom stereocenters. The number of para-hydroxylation sites is 1. The van der Waals surface area contributed by atoms with E-state index in [0.717, 1.165) is 53.4 Å². The summed E-state index contributed by atoms with van der Waals surface area (Å²) in [5.74, 6) is 2.48. The molecule has 0 spiro atoms. The van der Waals surface area contributed by atoms with E-state index in [2.05, 4.69) is 16.3 Å². The molecular weight excluding hydrogens is 336 g/mol. The van der Waals surface area contributed by atoms with Crippen LogP contribution >= 0.6 is 0 Å². The number of methoxy groups -OCH3 is 1. The molecule has 0 atom stereocenters. The number of likely N-dealkylation sites (tertiary alicyclic amines) is 1. The molecule has 0 amide bonds. The summed E-state index contributed by atoms with van der Waals surface area (Å²) in [6.07, 6.45) is 3.81. The summed E-state index contributed by atoms with van der Waals surface area (Å²) in [4.78, 5) is 12.1. The largest absolute Gasteiger partial charge is 0.497 e. The minimum absolute atomic E-state index is 0.735. The molecule has 3 aromatic rings. The van der Waals surface area contributed by atoms with Gasteiger partial charge >= 0.3 is 0 Å². The van der Waals surface area contributed by atoms with Crippen molar-refractivity contribution in [2.75, 3.05) is 38.6 Å². The highest BCUT2D eigenvalue weighted by Crippen LogP contribution is 2.26. The molecule has 5 heteroatoms. The van der Waals surface area contributed by atoms with Crippen LogP contribution in [0.4, 0.5) is 5.82 Å². The van der Waals surface area contributed by atoms with Crippen molar-refractivity contribution < 1.29 is 4.74 Å². The van der Waals surface area contributed by atoms with Crippen molar-refractivity contribution in [3.8, 4) is 17.1 Å². The van der Waals surface area contributed by atoms with Gasteiger partial charge in [-0.3, -0.25) is 0 Å². The molecule has 1 aromatic heterocycles. The summed E-state index contributed by atoms with van der Waals surface area (Å²) in [5.41, 5.74) is 1.95. The van der Waals surface area contributed by atoms with E-state index < -0.39 is 0 Å². The second-order valence-corrected chi connectivity index (χ2v) is 6.97. The van der Waals surface area contributed by atoms with Gasteiger partial charge in [0.2, 0.25) is 0 Å². The third-order valence-corrected chi connectivity index (χ3v) is 5.09. The number of anilines is 1. The molecule has 1 fully saturated rings. The predicted octanol–water partition coefficient (Wildman–Crippen LogP) is 4.20. The lowest BCUT2D eigenvalue weighted by Crippen LogP contribution is -2.22. The van der Waals surface area contributed by atoms with Crippen molar-refractivity contribution in [1.82, 2.24) is 14.9 Å². The highest BCUT2D eigenvalue weighted by molar-refractivity contribution is 5.90. The molecule has 4 rings (SSSR count). The van der Waals surface area contributed by atoms with Gasteiger partial charge < -0.3 is 15.0 Å². The van der Waals surface area contributed by atoms with E-state index in [1.54, 1.807) is 7.11 Å². The Bertz CT molecular complexity index is 888.